The molecule has 1 fully saturated rings. The van der Waals surface area contributed by atoms with Crippen LogP contribution >= 0.6 is 11.6 Å². The average Bonchev–Trinajstić information content (AvgIpc) is 3.00. The van der Waals surface area contributed by atoms with Crippen molar-refractivity contribution < 1.29 is 17.5 Å². The molecule has 156 valence electrons. The number of aryl methyl sites for hydroxylation is 1. The van der Waals surface area contributed by atoms with Crippen molar-refractivity contribution in [2.75, 3.05) is 32.4 Å². The van der Waals surface area contributed by atoms with Crippen LogP contribution in [0.5, 0.6) is 5.75 Å². The summed E-state index contributed by atoms with van der Waals surface area (Å²) >= 11 is 6.35. The maximum absolute atomic E-state index is 14.1. The molecule has 0 aromatic heterocycles. The van der Waals surface area contributed by atoms with Gasteiger partial charge in [0.15, 0.2) is 9.84 Å². The van der Waals surface area contributed by atoms with Crippen molar-refractivity contribution in [2.24, 2.45) is 0 Å². The van der Waals surface area contributed by atoms with Gasteiger partial charge in [-0.15, -0.1) is 0 Å². The number of sulfone groups is 1. The van der Waals surface area contributed by atoms with E-state index in [1.165, 1.54) is 18.4 Å². The molecule has 0 unspecified atom stereocenters. The zero-order chi connectivity index (χ0) is 20.8. The second-order valence-corrected chi connectivity index (χ2v) is 10.1. The number of ether oxygens (including phenoxy) is 1. The Bertz CT molecular complexity index is 1040. The Morgan fingerprint density at radius 1 is 1.21 bits per heavy atom. The molecule has 1 heterocycles. The number of rotatable bonds is 4. The van der Waals surface area contributed by atoms with Crippen molar-refractivity contribution in [3.05, 3.63) is 57.9 Å². The van der Waals surface area contributed by atoms with Gasteiger partial charge in [-0.2, -0.15) is 0 Å². The lowest BCUT2D eigenvalue weighted by molar-refractivity contribution is 0.0692. The fraction of sp³-hybridized carbons (Fsp3) is 0.429. The van der Waals surface area contributed by atoms with Crippen LogP contribution in [0.25, 0.3) is 0 Å². The first-order chi connectivity index (χ1) is 13.7. The van der Waals surface area contributed by atoms with Gasteiger partial charge in [-0.05, 0) is 54.8 Å². The Morgan fingerprint density at radius 3 is 2.59 bits per heavy atom. The molecule has 0 saturated carbocycles. The first-order valence-corrected chi connectivity index (χ1v) is 11.9. The average molecular weight is 439 g/mol. The number of nitrogens with zero attached hydrogens (tertiary/aromatic N) is 1. The van der Waals surface area contributed by atoms with Crippen molar-refractivity contribution in [3.8, 4) is 5.75 Å². The van der Waals surface area contributed by atoms with Crippen LogP contribution in [0.4, 0.5) is 4.39 Å². The highest BCUT2D eigenvalue weighted by Crippen LogP contribution is 2.42. The molecule has 2 aromatic carbocycles. The van der Waals surface area contributed by atoms with Crippen LogP contribution in [0.15, 0.2) is 35.2 Å². The first kappa shape index (κ1) is 20.6. The van der Waals surface area contributed by atoms with E-state index in [-0.39, 0.29) is 22.9 Å². The second kappa shape index (κ2) is 7.87. The summed E-state index contributed by atoms with van der Waals surface area (Å²) < 4.78 is 44.3. The third-order valence-electron chi connectivity index (χ3n) is 5.69. The molecule has 1 saturated heterocycles. The molecular formula is C21H24ClFN2O3S. The minimum Gasteiger partial charge on any atom is -0.484 e. The number of fused-ring (bicyclic) bond motifs is 1. The Kier molecular flexibility index (Phi) is 5.59. The number of hydrogen-bond donors (Lipinski definition) is 1. The maximum atomic E-state index is 14.1. The predicted octanol–water partition coefficient (Wildman–Crippen LogP) is 3.14. The third kappa shape index (κ3) is 4.14. The molecule has 2 aromatic rings. The van der Waals surface area contributed by atoms with Crippen molar-refractivity contribution in [3.63, 3.8) is 0 Å². The smallest absolute Gasteiger partial charge is 0.175 e. The van der Waals surface area contributed by atoms with Gasteiger partial charge < -0.3 is 10.1 Å². The standard InChI is InChI=1S/C21H24ClFN2O3S/c1-13-9-15(3-4-20(13)29(2,26)27)28-21-17-10-14(23)11-18(22)16(17)12-19(21)25-7-5-24-6-8-25/h3-4,9-11,19,21,24H,5-8,12H2,1-2H3/t19-,21-/m0/s1. The van der Waals surface area contributed by atoms with Crippen LogP contribution in [-0.2, 0) is 16.3 Å². The number of benzene rings is 2. The van der Waals surface area contributed by atoms with Gasteiger partial charge in [-0.3, -0.25) is 4.90 Å². The summed E-state index contributed by atoms with van der Waals surface area (Å²) in [6.07, 6.45) is 1.51. The van der Waals surface area contributed by atoms with E-state index >= 15 is 0 Å². The zero-order valence-electron chi connectivity index (χ0n) is 16.4. The van der Waals surface area contributed by atoms with E-state index in [9.17, 15) is 12.8 Å². The lowest BCUT2D eigenvalue weighted by atomic mass is 10.1. The molecule has 1 N–H and O–H groups in total. The molecule has 1 aliphatic heterocycles. The molecule has 0 amide bonds. The van der Waals surface area contributed by atoms with Crippen LogP contribution < -0.4 is 10.1 Å². The fourth-order valence-corrected chi connectivity index (χ4v) is 5.60. The molecule has 0 radical (unpaired) electrons. The van der Waals surface area contributed by atoms with Crippen molar-refractivity contribution in [1.29, 1.82) is 0 Å². The van der Waals surface area contributed by atoms with E-state index < -0.39 is 9.84 Å². The summed E-state index contributed by atoms with van der Waals surface area (Å²) in [7, 11) is -3.30. The van der Waals surface area contributed by atoms with Crippen molar-refractivity contribution in [2.45, 2.75) is 30.4 Å². The monoisotopic (exact) mass is 438 g/mol. The minimum absolute atomic E-state index is 0.0429. The van der Waals surface area contributed by atoms with Crippen molar-refractivity contribution in [1.82, 2.24) is 10.2 Å². The molecule has 2 aliphatic rings. The van der Waals surface area contributed by atoms with E-state index in [0.717, 1.165) is 37.3 Å². The molecule has 8 heteroatoms. The van der Waals surface area contributed by atoms with E-state index in [1.807, 2.05) is 0 Å². The highest BCUT2D eigenvalue weighted by atomic mass is 35.5. The van der Waals surface area contributed by atoms with Gasteiger partial charge in [-0.25, -0.2) is 12.8 Å². The van der Waals surface area contributed by atoms with E-state index in [1.54, 1.807) is 25.1 Å². The van der Waals surface area contributed by atoms with Gasteiger partial charge in [0.2, 0.25) is 0 Å². The third-order valence-corrected chi connectivity index (χ3v) is 7.29. The Balaban J connectivity index is 1.70. The highest BCUT2D eigenvalue weighted by Gasteiger charge is 2.40. The lowest BCUT2D eigenvalue weighted by Gasteiger charge is -2.36. The Hall–Kier alpha value is -1.67. The summed E-state index contributed by atoms with van der Waals surface area (Å²) in [4.78, 5) is 2.64. The molecular weight excluding hydrogens is 415 g/mol. The number of piperazine rings is 1. The van der Waals surface area contributed by atoms with Gasteiger partial charge >= 0.3 is 0 Å². The van der Waals surface area contributed by atoms with E-state index in [0.29, 0.717) is 22.8 Å². The summed E-state index contributed by atoms with van der Waals surface area (Å²) in [6, 6.07) is 7.85. The Morgan fingerprint density at radius 2 is 1.93 bits per heavy atom. The molecule has 0 bridgehead atoms. The number of nitrogens with one attached hydrogen (secondary N) is 1. The summed E-state index contributed by atoms with van der Waals surface area (Å²) in [5.41, 5.74) is 2.31. The normalized spacial score (nSPS) is 22.5. The lowest BCUT2D eigenvalue weighted by Crippen LogP contribution is -2.50. The van der Waals surface area contributed by atoms with Crippen molar-refractivity contribution >= 4 is 21.4 Å². The zero-order valence-corrected chi connectivity index (χ0v) is 18.0. The molecule has 4 rings (SSSR count). The van der Waals surface area contributed by atoms with Gasteiger partial charge in [-0.1, -0.05) is 11.6 Å². The van der Waals surface area contributed by atoms with Gasteiger partial charge in [0.1, 0.15) is 17.7 Å². The molecule has 29 heavy (non-hydrogen) atoms. The summed E-state index contributed by atoms with van der Waals surface area (Å²) in [5, 5.41) is 3.77. The number of hydrogen-bond acceptors (Lipinski definition) is 5. The summed E-state index contributed by atoms with van der Waals surface area (Å²) in [6.45, 7) is 5.29. The topological polar surface area (TPSA) is 58.6 Å². The quantitative estimate of drug-likeness (QED) is 0.794. The van der Waals surface area contributed by atoms with Gasteiger partial charge in [0.25, 0.3) is 0 Å². The molecule has 0 spiro atoms. The summed E-state index contributed by atoms with van der Waals surface area (Å²) in [5.74, 6) is 0.181. The van der Waals surface area contributed by atoms with Gasteiger partial charge in [0, 0.05) is 43.0 Å². The number of halogens is 2. The highest BCUT2D eigenvalue weighted by molar-refractivity contribution is 7.90. The van der Waals surface area contributed by atoms with Crippen LogP contribution in [0.1, 0.15) is 22.8 Å². The van der Waals surface area contributed by atoms with Crippen LogP contribution in [0, 0.1) is 12.7 Å². The largest absolute Gasteiger partial charge is 0.484 e. The van der Waals surface area contributed by atoms with Gasteiger partial charge in [0.05, 0.1) is 10.9 Å². The molecule has 1 aliphatic carbocycles. The van der Waals surface area contributed by atoms with E-state index in [4.69, 9.17) is 16.3 Å². The SMILES string of the molecule is Cc1cc(O[C@H]2c3cc(F)cc(Cl)c3C[C@@H]2N2CCNCC2)ccc1S(C)(=O)=O. The van der Waals surface area contributed by atoms with E-state index in [2.05, 4.69) is 10.2 Å². The minimum atomic E-state index is -3.30. The van der Waals surface area contributed by atoms with Crippen LogP contribution in [0.3, 0.4) is 0 Å². The predicted molar refractivity (Wildman–Crippen MR) is 111 cm³/mol. The Labute approximate surface area is 175 Å². The molecule has 5 nitrogen and oxygen atoms in total. The molecule has 2 atom stereocenters. The maximum Gasteiger partial charge on any atom is 0.175 e. The first-order valence-electron chi connectivity index (χ1n) is 9.64. The second-order valence-electron chi connectivity index (χ2n) is 7.75. The fourth-order valence-electron chi connectivity index (χ4n) is 4.35. The van der Waals surface area contributed by atoms with Crippen LogP contribution in [-0.4, -0.2) is 51.8 Å². The van der Waals surface area contributed by atoms with Crippen LogP contribution in [0.2, 0.25) is 5.02 Å².